The Balaban J connectivity index is 1.65. The summed E-state index contributed by atoms with van der Waals surface area (Å²) in [5.41, 5.74) is 0.274. The number of benzene rings is 2. The van der Waals surface area contributed by atoms with Crippen molar-refractivity contribution in [1.82, 2.24) is 24.8 Å². The van der Waals surface area contributed by atoms with Gasteiger partial charge < -0.3 is 4.74 Å². The predicted molar refractivity (Wildman–Crippen MR) is 110 cm³/mol. The van der Waals surface area contributed by atoms with E-state index in [9.17, 15) is 18.0 Å². The van der Waals surface area contributed by atoms with Gasteiger partial charge in [0.05, 0.1) is 30.4 Å². The molecule has 164 valence electrons. The summed E-state index contributed by atoms with van der Waals surface area (Å²) in [6, 6.07) is 13.1. The summed E-state index contributed by atoms with van der Waals surface area (Å²) < 4.78 is 47.9. The molecule has 0 fully saturated rings. The van der Waals surface area contributed by atoms with Crippen molar-refractivity contribution in [2.45, 2.75) is 13.1 Å². The largest absolute Gasteiger partial charge is 0.462 e. The number of hydrogen-bond acceptors (Lipinski definition) is 5. The van der Waals surface area contributed by atoms with E-state index in [1.165, 1.54) is 23.7 Å². The fourth-order valence-corrected chi connectivity index (χ4v) is 3.19. The van der Waals surface area contributed by atoms with Crippen LogP contribution in [0.4, 0.5) is 13.2 Å². The number of carbonyl (C=O) groups excluding carboxylic acids is 1. The van der Waals surface area contributed by atoms with Crippen LogP contribution < -0.4 is 0 Å². The van der Waals surface area contributed by atoms with Crippen molar-refractivity contribution in [1.29, 1.82) is 0 Å². The highest BCUT2D eigenvalue weighted by Gasteiger charge is 2.41. The first-order valence-corrected chi connectivity index (χ1v) is 9.77. The summed E-state index contributed by atoms with van der Waals surface area (Å²) in [7, 11) is 0. The van der Waals surface area contributed by atoms with Crippen LogP contribution in [0.15, 0.2) is 60.9 Å². The molecule has 0 spiro atoms. The monoisotopic (exact) mass is 461 g/mol. The molecule has 0 aliphatic rings. The van der Waals surface area contributed by atoms with E-state index >= 15 is 0 Å². The van der Waals surface area contributed by atoms with Gasteiger partial charge in [-0.2, -0.15) is 18.3 Å². The number of halogens is 4. The van der Waals surface area contributed by atoms with Crippen molar-refractivity contribution >= 4 is 17.6 Å². The minimum absolute atomic E-state index is 0.0497. The number of carbonyl (C=O) groups is 1. The van der Waals surface area contributed by atoms with Crippen LogP contribution in [-0.2, 0) is 10.9 Å². The third kappa shape index (κ3) is 4.22. The standard InChI is InChI=1S/C21H15ClF3N5O2/c1-2-32-20(31)17-11-26-30(19(17)21(23,24)25)16-9-7-15(8-10-16)29-12-18(27-28-29)13-3-5-14(22)6-4-13/h3-12H,2H2,1H3. The molecule has 0 aliphatic heterocycles. The SMILES string of the molecule is CCOC(=O)c1cnn(-c2ccc(-n3cc(-c4ccc(Cl)cc4)nn3)cc2)c1C(F)(F)F. The van der Waals surface area contributed by atoms with Crippen molar-refractivity contribution in [2.24, 2.45) is 0 Å². The van der Waals surface area contributed by atoms with E-state index in [1.54, 1.807) is 42.6 Å². The number of hydrogen-bond donors (Lipinski definition) is 0. The average molecular weight is 462 g/mol. The van der Waals surface area contributed by atoms with E-state index in [2.05, 4.69) is 15.4 Å². The van der Waals surface area contributed by atoms with Gasteiger partial charge in [-0.3, -0.25) is 0 Å². The molecular formula is C21H15ClF3N5O2. The molecular weight excluding hydrogens is 447 g/mol. The van der Waals surface area contributed by atoms with Crippen LogP contribution >= 0.6 is 11.6 Å². The lowest BCUT2D eigenvalue weighted by Crippen LogP contribution is -2.18. The molecule has 0 amide bonds. The lowest BCUT2D eigenvalue weighted by molar-refractivity contribution is -0.143. The highest BCUT2D eigenvalue weighted by atomic mass is 35.5. The topological polar surface area (TPSA) is 74.8 Å². The first-order chi connectivity index (χ1) is 15.3. The molecule has 0 atom stereocenters. The Hall–Kier alpha value is -3.66. The molecule has 2 heterocycles. The summed E-state index contributed by atoms with van der Waals surface area (Å²) in [5.74, 6) is -1.08. The number of alkyl halides is 3. The van der Waals surface area contributed by atoms with Gasteiger partial charge in [0, 0.05) is 10.6 Å². The number of nitrogens with zero attached hydrogens (tertiary/aromatic N) is 5. The van der Waals surface area contributed by atoms with Crippen LogP contribution in [0.1, 0.15) is 23.0 Å². The zero-order valence-corrected chi connectivity index (χ0v) is 17.3. The summed E-state index contributed by atoms with van der Waals surface area (Å²) in [6.07, 6.45) is -2.27. The lowest BCUT2D eigenvalue weighted by Gasteiger charge is -2.12. The number of rotatable bonds is 5. The fraction of sp³-hybridized carbons (Fsp3) is 0.143. The van der Waals surface area contributed by atoms with E-state index in [-0.39, 0.29) is 12.3 Å². The van der Waals surface area contributed by atoms with Crippen molar-refractivity contribution in [3.8, 4) is 22.6 Å². The van der Waals surface area contributed by atoms with Crippen LogP contribution in [-0.4, -0.2) is 37.4 Å². The minimum atomic E-state index is -4.81. The maximum absolute atomic E-state index is 13.7. The van der Waals surface area contributed by atoms with Gasteiger partial charge in [-0.25, -0.2) is 14.2 Å². The zero-order valence-electron chi connectivity index (χ0n) is 16.5. The second-order valence-corrected chi connectivity index (χ2v) is 7.04. The van der Waals surface area contributed by atoms with E-state index in [1.807, 2.05) is 0 Å². The molecule has 2 aromatic heterocycles. The molecule has 0 radical (unpaired) electrons. The van der Waals surface area contributed by atoms with Gasteiger partial charge in [0.1, 0.15) is 11.3 Å². The molecule has 7 nitrogen and oxygen atoms in total. The summed E-state index contributed by atoms with van der Waals surface area (Å²) in [5, 5.41) is 12.5. The summed E-state index contributed by atoms with van der Waals surface area (Å²) in [6.45, 7) is 1.46. The van der Waals surface area contributed by atoms with Gasteiger partial charge in [0.25, 0.3) is 0 Å². The second kappa shape index (κ2) is 8.46. The third-order valence-electron chi connectivity index (χ3n) is 4.53. The van der Waals surface area contributed by atoms with Gasteiger partial charge in [0.15, 0.2) is 5.69 Å². The quantitative estimate of drug-likeness (QED) is 0.392. The average Bonchev–Trinajstić information content (AvgIpc) is 3.42. The summed E-state index contributed by atoms with van der Waals surface area (Å²) >= 11 is 5.89. The Kier molecular flexibility index (Phi) is 5.70. The molecule has 0 bridgehead atoms. The first-order valence-electron chi connectivity index (χ1n) is 9.39. The molecule has 4 aromatic rings. The highest BCUT2D eigenvalue weighted by Crippen LogP contribution is 2.34. The predicted octanol–water partition coefficient (Wildman–Crippen LogP) is 4.97. The molecule has 32 heavy (non-hydrogen) atoms. The van der Waals surface area contributed by atoms with Crippen LogP contribution in [0.25, 0.3) is 22.6 Å². The van der Waals surface area contributed by atoms with Crippen molar-refractivity contribution in [3.63, 3.8) is 0 Å². The van der Waals surface area contributed by atoms with Crippen LogP contribution in [0, 0.1) is 0 Å². The van der Waals surface area contributed by atoms with Crippen LogP contribution in [0.5, 0.6) is 0 Å². The van der Waals surface area contributed by atoms with Crippen molar-refractivity contribution in [3.05, 3.63) is 77.2 Å². The minimum Gasteiger partial charge on any atom is -0.462 e. The first kappa shape index (κ1) is 21.6. The van der Waals surface area contributed by atoms with Gasteiger partial charge in [-0.1, -0.05) is 28.9 Å². The molecule has 2 aromatic carbocycles. The number of ether oxygens (including phenoxy) is 1. The molecule has 0 saturated carbocycles. The lowest BCUT2D eigenvalue weighted by atomic mass is 10.2. The Labute approximate surface area is 185 Å². The molecule has 0 saturated heterocycles. The normalized spacial score (nSPS) is 11.5. The zero-order chi connectivity index (χ0) is 22.9. The highest BCUT2D eigenvalue weighted by molar-refractivity contribution is 6.30. The maximum atomic E-state index is 13.7. The Morgan fingerprint density at radius 1 is 1.06 bits per heavy atom. The number of aromatic nitrogens is 5. The molecule has 0 N–H and O–H groups in total. The van der Waals surface area contributed by atoms with E-state index in [0.717, 1.165) is 11.8 Å². The third-order valence-corrected chi connectivity index (χ3v) is 4.78. The Morgan fingerprint density at radius 3 is 2.34 bits per heavy atom. The van der Waals surface area contributed by atoms with Gasteiger partial charge in [-0.15, -0.1) is 5.10 Å². The Bertz CT molecular complexity index is 1250. The number of esters is 1. The molecule has 4 rings (SSSR count). The molecule has 11 heteroatoms. The summed E-state index contributed by atoms with van der Waals surface area (Å²) in [4.78, 5) is 11.9. The maximum Gasteiger partial charge on any atom is 0.434 e. The van der Waals surface area contributed by atoms with E-state index in [0.29, 0.717) is 21.1 Å². The van der Waals surface area contributed by atoms with Gasteiger partial charge >= 0.3 is 12.1 Å². The molecule has 0 aliphatic carbocycles. The van der Waals surface area contributed by atoms with Crippen molar-refractivity contribution in [2.75, 3.05) is 6.61 Å². The molecule has 0 unspecified atom stereocenters. The Morgan fingerprint density at radius 2 is 1.72 bits per heavy atom. The smallest absolute Gasteiger partial charge is 0.434 e. The van der Waals surface area contributed by atoms with Gasteiger partial charge in [0.2, 0.25) is 0 Å². The fourth-order valence-electron chi connectivity index (χ4n) is 3.06. The second-order valence-electron chi connectivity index (χ2n) is 6.61. The van der Waals surface area contributed by atoms with Crippen LogP contribution in [0.3, 0.4) is 0 Å². The van der Waals surface area contributed by atoms with Crippen LogP contribution in [0.2, 0.25) is 5.02 Å². The van der Waals surface area contributed by atoms with Gasteiger partial charge in [-0.05, 0) is 43.3 Å². The van der Waals surface area contributed by atoms with Crippen molar-refractivity contribution < 1.29 is 22.7 Å². The van der Waals surface area contributed by atoms with E-state index < -0.39 is 23.4 Å². The van der Waals surface area contributed by atoms with E-state index in [4.69, 9.17) is 16.3 Å².